The van der Waals surface area contributed by atoms with Crippen LogP contribution in [0.4, 0.5) is 17.6 Å². The average molecular weight is 626 g/mol. The van der Waals surface area contributed by atoms with Crippen molar-refractivity contribution in [3.63, 3.8) is 0 Å². The number of hydrogen-bond acceptors (Lipinski definition) is 10. The molecule has 232 valence electrons. The van der Waals surface area contributed by atoms with Crippen molar-refractivity contribution < 1.29 is 41.8 Å². The van der Waals surface area contributed by atoms with Crippen LogP contribution < -0.4 is 5.32 Å². The van der Waals surface area contributed by atoms with Crippen LogP contribution in [-0.4, -0.2) is 95.4 Å². The van der Waals surface area contributed by atoms with Crippen LogP contribution in [0.3, 0.4) is 0 Å². The highest BCUT2D eigenvalue weighted by atomic mass is 32.1. The molecule has 4 atom stereocenters. The summed E-state index contributed by atoms with van der Waals surface area (Å²) in [5, 5.41) is 15.5. The van der Waals surface area contributed by atoms with Gasteiger partial charge in [-0.05, 0) is 38.0 Å². The van der Waals surface area contributed by atoms with Gasteiger partial charge in [0.1, 0.15) is 24.1 Å². The van der Waals surface area contributed by atoms with Gasteiger partial charge in [0.15, 0.2) is 10.8 Å². The van der Waals surface area contributed by atoms with Gasteiger partial charge in [0, 0.05) is 23.8 Å². The van der Waals surface area contributed by atoms with Crippen molar-refractivity contribution in [3.8, 4) is 0 Å². The number of esters is 1. The number of methoxy groups -OCH3 is 1. The van der Waals surface area contributed by atoms with Crippen LogP contribution in [0.2, 0.25) is 0 Å². The zero-order valence-corrected chi connectivity index (χ0v) is 24.6. The lowest BCUT2D eigenvalue weighted by Gasteiger charge is -2.31. The Kier molecular flexibility index (Phi) is 8.37. The van der Waals surface area contributed by atoms with Gasteiger partial charge in [-0.2, -0.15) is 5.06 Å². The van der Waals surface area contributed by atoms with Crippen molar-refractivity contribution in [2.45, 2.75) is 51.0 Å². The second kappa shape index (κ2) is 11.6. The van der Waals surface area contributed by atoms with Gasteiger partial charge in [-0.1, -0.05) is 12.1 Å². The van der Waals surface area contributed by atoms with Crippen LogP contribution in [0.15, 0.2) is 46.0 Å². The summed E-state index contributed by atoms with van der Waals surface area (Å²) >= 11 is 1.26. The summed E-state index contributed by atoms with van der Waals surface area (Å²) in [4.78, 5) is 40.6. The number of carbonyl (C=O) groups excluding carboxylic acids is 1. The van der Waals surface area contributed by atoms with E-state index in [0.717, 1.165) is 5.06 Å². The molecule has 0 amide bonds. The first-order chi connectivity index (χ1) is 20.3. The van der Waals surface area contributed by atoms with E-state index < -0.39 is 66.5 Å². The van der Waals surface area contributed by atoms with Crippen molar-refractivity contribution in [1.82, 2.24) is 20.3 Å². The number of benzene rings is 1. The molecule has 0 unspecified atom stereocenters. The number of rotatable bonds is 9. The lowest BCUT2D eigenvalue weighted by atomic mass is 9.87. The topological polar surface area (TPSA) is 117 Å². The third-order valence-corrected chi connectivity index (χ3v) is 8.99. The molecule has 2 fully saturated rings. The molecule has 2 N–H and O–H groups in total. The van der Waals surface area contributed by atoms with E-state index in [9.17, 15) is 19.1 Å². The zero-order valence-electron chi connectivity index (χ0n) is 23.8. The van der Waals surface area contributed by atoms with Gasteiger partial charge < -0.3 is 15.2 Å². The van der Waals surface area contributed by atoms with Crippen molar-refractivity contribution in [2.75, 3.05) is 33.4 Å². The normalized spacial score (nSPS) is 24.8. The molecule has 15 heteroatoms. The van der Waals surface area contributed by atoms with Crippen LogP contribution in [0.1, 0.15) is 36.0 Å². The number of carboxylic acid groups (broad SMARTS) is 1. The highest BCUT2D eigenvalue weighted by molar-refractivity contribution is 7.11. The number of likely N-dealkylation sites (tertiary alicyclic amines) is 1. The summed E-state index contributed by atoms with van der Waals surface area (Å²) in [5.41, 5.74) is -0.938. The molecule has 4 heterocycles. The van der Waals surface area contributed by atoms with E-state index in [4.69, 9.17) is 9.57 Å². The van der Waals surface area contributed by atoms with E-state index in [1.165, 1.54) is 49.3 Å². The number of carboxylic acids is 1. The molecule has 0 spiro atoms. The molecule has 3 aliphatic rings. The summed E-state index contributed by atoms with van der Waals surface area (Å²) < 4.78 is 65.8. The molecule has 0 radical (unpaired) electrons. The minimum absolute atomic E-state index is 0.0195. The highest BCUT2D eigenvalue weighted by Crippen LogP contribution is 2.42. The molecule has 5 rings (SSSR count). The minimum Gasteiger partial charge on any atom is -0.481 e. The number of aliphatic imine (C=N–C) groups is 1. The molecule has 2 saturated heterocycles. The quantitative estimate of drug-likeness (QED) is 0.319. The summed E-state index contributed by atoms with van der Waals surface area (Å²) in [7, 11) is 1.18. The standard InChI is InChI=1S/C28H31F4N5O5S/c1-14-15(6-5-7-16(14)29)21-20(25(38)41-4)17(34-23(35-21)24-33-8-9-43-24)10-36-13-28(31,32)22-18(36)12-42-37(22)11-19(30)27(2,3)26(39)40/h5-9,18-19,21-22H,10-13H2,1-4H3,(H,34,35)(H,39,40)/t18-,19-,21+,22+/m1/s1. The van der Waals surface area contributed by atoms with Gasteiger partial charge in [-0.3, -0.25) is 19.5 Å². The first-order valence-corrected chi connectivity index (χ1v) is 14.3. The fourth-order valence-corrected chi connectivity index (χ4v) is 6.13. The largest absolute Gasteiger partial charge is 0.481 e. The van der Waals surface area contributed by atoms with Gasteiger partial charge in [0.05, 0.1) is 43.8 Å². The Labute approximate surface area is 249 Å². The number of alkyl halides is 3. The molecule has 3 aliphatic heterocycles. The Morgan fingerprint density at radius 1 is 1.35 bits per heavy atom. The Morgan fingerprint density at radius 3 is 2.74 bits per heavy atom. The second-order valence-electron chi connectivity index (χ2n) is 11.2. The first kappa shape index (κ1) is 31.0. The van der Waals surface area contributed by atoms with Crippen molar-refractivity contribution in [1.29, 1.82) is 0 Å². The van der Waals surface area contributed by atoms with E-state index in [2.05, 4.69) is 15.3 Å². The molecular weight excluding hydrogens is 594 g/mol. The van der Waals surface area contributed by atoms with Crippen molar-refractivity contribution in [2.24, 2.45) is 10.4 Å². The maximum Gasteiger partial charge on any atom is 0.338 e. The number of carbonyl (C=O) groups is 2. The number of fused-ring (bicyclic) bond motifs is 1. The molecular formula is C28H31F4N5O5S. The van der Waals surface area contributed by atoms with E-state index >= 15 is 13.2 Å². The second-order valence-corrected chi connectivity index (χ2v) is 12.1. The first-order valence-electron chi connectivity index (χ1n) is 13.5. The lowest BCUT2D eigenvalue weighted by Crippen LogP contribution is -2.50. The SMILES string of the molecule is COC(=O)C1=C(CN2CC(F)(F)[C@@H]3[C@H]2CON3C[C@@H](F)C(C)(C)C(=O)O)NC(c2nccs2)=N[C@H]1c1cccc(F)c1C. The summed E-state index contributed by atoms with van der Waals surface area (Å²) in [6, 6.07) is 0.902. The Morgan fingerprint density at radius 2 is 2.09 bits per heavy atom. The molecule has 1 aromatic heterocycles. The molecule has 0 bridgehead atoms. The number of nitrogens with zero attached hydrogens (tertiary/aromatic N) is 4. The predicted octanol–water partition coefficient (Wildman–Crippen LogP) is 3.49. The molecule has 43 heavy (non-hydrogen) atoms. The number of nitrogens with one attached hydrogen (secondary N) is 1. The number of hydrogen-bond donors (Lipinski definition) is 2. The smallest absolute Gasteiger partial charge is 0.338 e. The van der Waals surface area contributed by atoms with E-state index in [1.807, 2.05) is 0 Å². The van der Waals surface area contributed by atoms with Gasteiger partial charge in [-0.25, -0.2) is 27.3 Å². The number of aromatic nitrogens is 1. The third kappa shape index (κ3) is 5.66. The maximum absolute atomic E-state index is 15.5. The maximum atomic E-state index is 15.5. The number of thiazole rings is 1. The summed E-state index contributed by atoms with van der Waals surface area (Å²) in [5.74, 6) is -5.77. The Balaban J connectivity index is 1.50. The Bertz CT molecular complexity index is 1470. The number of ether oxygens (including phenoxy) is 1. The minimum atomic E-state index is -3.36. The van der Waals surface area contributed by atoms with E-state index in [1.54, 1.807) is 24.6 Å². The monoisotopic (exact) mass is 625 g/mol. The highest BCUT2D eigenvalue weighted by Gasteiger charge is 2.61. The van der Waals surface area contributed by atoms with E-state index in [-0.39, 0.29) is 35.8 Å². The van der Waals surface area contributed by atoms with Crippen LogP contribution in [0, 0.1) is 18.2 Å². The molecule has 2 aromatic rings. The average Bonchev–Trinajstić information content (AvgIpc) is 3.69. The summed E-state index contributed by atoms with van der Waals surface area (Å²) in [6.45, 7) is 2.10. The zero-order chi connectivity index (χ0) is 31.3. The number of halogens is 4. The summed E-state index contributed by atoms with van der Waals surface area (Å²) in [6.07, 6.45) is -0.430. The van der Waals surface area contributed by atoms with Crippen molar-refractivity contribution >= 4 is 29.1 Å². The van der Waals surface area contributed by atoms with E-state index in [0.29, 0.717) is 10.6 Å². The number of aliphatic carboxylic acids is 1. The molecule has 0 aliphatic carbocycles. The lowest BCUT2D eigenvalue weighted by molar-refractivity contribution is -0.196. The van der Waals surface area contributed by atoms with Gasteiger partial charge >= 0.3 is 11.9 Å². The fourth-order valence-electron chi connectivity index (χ4n) is 5.54. The van der Waals surface area contributed by atoms with Crippen LogP contribution in [0.25, 0.3) is 0 Å². The molecule has 10 nitrogen and oxygen atoms in total. The Hall–Kier alpha value is -3.40. The van der Waals surface area contributed by atoms with Gasteiger partial charge in [0.2, 0.25) is 0 Å². The predicted molar refractivity (Wildman–Crippen MR) is 148 cm³/mol. The fraction of sp³-hybridized carbons (Fsp3) is 0.500. The van der Waals surface area contributed by atoms with Gasteiger partial charge in [0.25, 0.3) is 5.92 Å². The van der Waals surface area contributed by atoms with Crippen LogP contribution >= 0.6 is 11.3 Å². The van der Waals surface area contributed by atoms with Crippen LogP contribution in [0.5, 0.6) is 0 Å². The van der Waals surface area contributed by atoms with Crippen molar-refractivity contribution in [3.05, 3.63) is 63.0 Å². The third-order valence-electron chi connectivity index (χ3n) is 8.21. The molecule has 0 saturated carbocycles. The van der Waals surface area contributed by atoms with Gasteiger partial charge in [-0.15, -0.1) is 11.3 Å². The molecule has 1 aromatic carbocycles. The number of hydroxylamine groups is 2. The van der Waals surface area contributed by atoms with Crippen LogP contribution in [-0.2, 0) is 19.2 Å². The number of amidine groups is 1.